The van der Waals surface area contributed by atoms with Crippen molar-refractivity contribution in [2.24, 2.45) is 0 Å². The monoisotopic (exact) mass is 408 g/mol. The number of carbonyl (C=O) groups excluding carboxylic acids is 2. The summed E-state index contributed by atoms with van der Waals surface area (Å²) in [7, 11) is 3.13. The van der Waals surface area contributed by atoms with Crippen LogP contribution >= 0.6 is 23.2 Å². The molecule has 0 spiro atoms. The number of amides is 2. The first-order chi connectivity index (χ1) is 12.9. The first kappa shape index (κ1) is 21.1. The van der Waals surface area contributed by atoms with Crippen LogP contribution in [0.15, 0.2) is 42.5 Å². The Bertz CT molecular complexity index is 789. The van der Waals surface area contributed by atoms with Crippen LogP contribution < -0.4 is 10.1 Å². The van der Waals surface area contributed by atoms with E-state index in [9.17, 15) is 9.59 Å². The van der Waals surface area contributed by atoms with Crippen LogP contribution in [-0.4, -0.2) is 36.9 Å². The number of nitrogens with one attached hydrogen (secondary N) is 1. The molecule has 2 amide bonds. The SMILES string of the molecule is CNC(=O)C(C)N(Cc1ccc(OC)cc1)C(=O)Cc1c(Cl)cccc1Cl. The van der Waals surface area contributed by atoms with Crippen LogP contribution in [0.25, 0.3) is 0 Å². The minimum Gasteiger partial charge on any atom is -0.497 e. The van der Waals surface area contributed by atoms with Gasteiger partial charge in [0.2, 0.25) is 11.8 Å². The predicted octanol–water partition coefficient (Wildman–Crippen LogP) is 3.71. The number of carbonyl (C=O) groups is 2. The molecule has 27 heavy (non-hydrogen) atoms. The highest BCUT2D eigenvalue weighted by Crippen LogP contribution is 2.26. The summed E-state index contributed by atoms with van der Waals surface area (Å²) in [6.45, 7) is 1.97. The molecule has 1 unspecified atom stereocenters. The van der Waals surface area contributed by atoms with Crippen LogP contribution in [0.4, 0.5) is 0 Å². The molecule has 144 valence electrons. The highest BCUT2D eigenvalue weighted by molar-refractivity contribution is 6.36. The van der Waals surface area contributed by atoms with Gasteiger partial charge in [-0.15, -0.1) is 0 Å². The van der Waals surface area contributed by atoms with E-state index >= 15 is 0 Å². The number of likely N-dealkylation sites (N-methyl/N-ethyl adjacent to an activating group) is 1. The van der Waals surface area contributed by atoms with Crippen molar-refractivity contribution in [3.63, 3.8) is 0 Å². The number of hydrogen-bond donors (Lipinski definition) is 1. The summed E-state index contributed by atoms with van der Waals surface area (Å²) in [6, 6.07) is 11.8. The van der Waals surface area contributed by atoms with E-state index in [2.05, 4.69) is 5.32 Å². The maximum Gasteiger partial charge on any atom is 0.242 e. The third-order valence-electron chi connectivity index (χ3n) is 4.32. The Hall–Kier alpha value is -2.24. The quantitative estimate of drug-likeness (QED) is 0.759. The zero-order valence-corrected chi connectivity index (χ0v) is 17.0. The van der Waals surface area contributed by atoms with Gasteiger partial charge in [0.15, 0.2) is 0 Å². The van der Waals surface area contributed by atoms with Crippen molar-refractivity contribution in [3.8, 4) is 5.75 Å². The van der Waals surface area contributed by atoms with E-state index in [0.717, 1.165) is 11.3 Å². The van der Waals surface area contributed by atoms with Gasteiger partial charge >= 0.3 is 0 Å². The van der Waals surface area contributed by atoms with E-state index in [1.807, 2.05) is 24.3 Å². The molecular weight excluding hydrogens is 387 g/mol. The fourth-order valence-corrected chi connectivity index (χ4v) is 3.20. The Kier molecular flexibility index (Phi) is 7.51. The van der Waals surface area contributed by atoms with Gasteiger partial charge in [-0.05, 0) is 42.3 Å². The predicted molar refractivity (Wildman–Crippen MR) is 107 cm³/mol. The Morgan fingerprint density at radius 1 is 1.11 bits per heavy atom. The number of nitrogens with zero attached hydrogens (tertiary/aromatic N) is 1. The number of ether oxygens (including phenoxy) is 1. The van der Waals surface area contributed by atoms with Gasteiger partial charge < -0.3 is 15.0 Å². The molecule has 0 aromatic heterocycles. The Morgan fingerprint density at radius 2 is 1.70 bits per heavy atom. The van der Waals surface area contributed by atoms with Crippen LogP contribution in [0.3, 0.4) is 0 Å². The molecule has 2 rings (SSSR count). The van der Waals surface area contributed by atoms with Gasteiger partial charge in [0, 0.05) is 23.6 Å². The molecule has 0 aliphatic rings. The van der Waals surface area contributed by atoms with Crippen molar-refractivity contribution in [2.45, 2.75) is 25.9 Å². The average Bonchev–Trinajstić information content (AvgIpc) is 2.68. The van der Waals surface area contributed by atoms with Crippen molar-refractivity contribution >= 4 is 35.0 Å². The molecule has 1 atom stereocenters. The lowest BCUT2D eigenvalue weighted by atomic mass is 10.1. The molecule has 0 fully saturated rings. The smallest absolute Gasteiger partial charge is 0.242 e. The average molecular weight is 409 g/mol. The van der Waals surface area contributed by atoms with Crippen LogP contribution in [0.1, 0.15) is 18.1 Å². The molecule has 0 aliphatic carbocycles. The van der Waals surface area contributed by atoms with Crippen molar-refractivity contribution < 1.29 is 14.3 Å². The second kappa shape index (κ2) is 9.62. The minimum absolute atomic E-state index is 0.00992. The van der Waals surface area contributed by atoms with Gasteiger partial charge in [-0.25, -0.2) is 0 Å². The summed E-state index contributed by atoms with van der Waals surface area (Å²) in [4.78, 5) is 26.7. The second-order valence-electron chi connectivity index (χ2n) is 6.04. The summed E-state index contributed by atoms with van der Waals surface area (Å²) in [5, 5.41) is 3.43. The van der Waals surface area contributed by atoms with Gasteiger partial charge in [-0.2, -0.15) is 0 Å². The molecule has 2 aromatic carbocycles. The molecule has 7 heteroatoms. The van der Waals surface area contributed by atoms with E-state index in [1.54, 1.807) is 39.3 Å². The van der Waals surface area contributed by atoms with Crippen molar-refractivity contribution in [1.82, 2.24) is 10.2 Å². The fourth-order valence-electron chi connectivity index (χ4n) is 2.67. The lowest BCUT2D eigenvalue weighted by molar-refractivity contribution is -0.139. The molecule has 0 saturated carbocycles. The van der Waals surface area contributed by atoms with Crippen LogP contribution in [0.2, 0.25) is 10.0 Å². The maximum absolute atomic E-state index is 13.0. The standard InChI is InChI=1S/C20H22Cl2N2O3/c1-13(20(26)23-2)24(12-14-7-9-15(27-3)10-8-14)19(25)11-16-17(21)5-4-6-18(16)22/h4-10,13H,11-12H2,1-3H3,(H,23,26). The highest BCUT2D eigenvalue weighted by Gasteiger charge is 2.26. The van der Waals surface area contributed by atoms with Crippen LogP contribution in [0.5, 0.6) is 5.75 Å². The summed E-state index contributed by atoms with van der Waals surface area (Å²) in [6.07, 6.45) is 0.00992. The molecule has 1 N–H and O–H groups in total. The number of hydrogen-bond acceptors (Lipinski definition) is 3. The number of methoxy groups -OCH3 is 1. The van der Waals surface area contributed by atoms with E-state index in [4.69, 9.17) is 27.9 Å². The summed E-state index contributed by atoms with van der Waals surface area (Å²) in [5.41, 5.74) is 1.43. The Morgan fingerprint density at radius 3 is 2.22 bits per heavy atom. The zero-order valence-electron chi connectivity index (χ0n) is 15.5. The lowest BCUT2D eigenvalue weighted by Gasteiger charge is -2.28. The highest BCUT2D eigenvalue weighted by atomic mass is 35.5. The van der Waals surface area contributed by atoms with Gasteiger partial charge in [0.05, 0.1) is 13.5 Å². The Labute approximate surface area is 169 Å². The van der Waals surface area contributed by atoms with Crippen LogP contribution in [0, 0.1) is 0 Å². The zero-order chi connectivity index (χ0) is 20.0. The number of benzene rings is 2. The third-order valence-corrected chi connectivity index (χ3v) is 5.02. The normalized spacial score (nSPS) is 11.6. The lowest BCUT2D eigenvalue weighted by Crippen LogP contribution is -2.47. The topological polar surface area (TPSA) is 58.6 Å². The van der Waals surface area contributed by atoms with Gasteiger partial charge in [-0.1, -0.05) is 41.4 Å². The minimum atomic E-state index is -0.647. The van der Waals surface area contributed by atoms with E-state index in [1.165, 1.54) is 4.90 Å². The number of rotatable bonds is 7. The maximum atomic E-state index is 13.0. The van der Waals surface area contributed by atoms with Gasteiger partial charge in [0.1, 0.15) is 11.8 Å². The molecule has 0 aliphatic heterocycles. The summed E-state index contributed by atoms with van der Waals surface area (Å²) < 4.78 is 5.16. The molecule has 2 aromatic rings. The summed E-state index contributed by atoms with van der Waals surface area (Å²) in [5.74, 6) is 0.234. The van der Waals surface area contributed by atoms with Gasteiger partial charge in [-0.3, -0.25) is 9.59 Å². The molecule has 0 radical (unpaired) electrons. The first-order valence-electron chi connectivity index (χ1n) is 8.44. The van der Waals surface area contributed by atoms with E-state index in [-0.39, 0.29) is 24.8 Å². The van der Waals surface area contributed by atoms with Gasteiger partial charge in [0.25, 0.3) is 0 Å². The summed E-state index contributed by atoms with van der Waals surface area (Å²) >= 11 is 12.4. The molecular formula is C20H22Cl2N2O3. The first-order valence-corrected chi connectivity index (χ1v) is 9.19. The molecule has 0 heterocycles. The second-order valence-corrected chi connectivity index (χ2v) is 6.85. The fraction of sp³-hybridized carbons (Fsp3) is 0.300. The number of halogens is 2. The molecule has 5 nitrogen and oxygen atoms in total. The third kappa shape index (κ3) is 5.37. The largest absolute Gasteiger partial charge is 0.497 e. The van der Waals surface area contributed by atoms with E-state index in [0.29, 0.717) is 15.6 Å². The molecule has 0 bridgehead atoms. The van der Waals surface area contributed by atoms with Crippen molar-refractivity contribution in [3.05, 3.63) is 63.6 Å². The van der Waals surface area contributed by atoms with Crippen LogP contribution in [-0.2, 0) is 22.6 Å². The van der Waals surface area contributed by atoms with Crippen molar-refractivity contribution in [1.29, 1.82) is 0 Å². The van der Waals surface area contributed by atoms with Crippen molar-refractivity contribution in [2.75, 3.05) is 14.2 Å². The molecule has 0 saturated heterocycles. The Balaban J connectivity index is 2.27. The van der Waals surface area contributed by atoms with E-state index < -0.39 is 6.04 Å².